The Morgan fingerprint density at radius 1 is 1.53 bits per heavy atom. The SMILES string of the molecule is C#CC(C)(C)NC(=O)c1c(N)cccc1OC. The number of nitrogens with two attached hydrogens (primary N) is 1. The Kier molecular flexibility index (Phi) is 3.64. The van der Waals surface area contributed by atoms with E-state index >= 15 is 0 Å². The predicted octanol–water partition coefficient (Wildman–Crippen LogP) is 1.42. The molecule has 0 heterocycles. The molecule has 3 N–H and O–H groups in total. The van der Waals surface area contributed by atoms with Crippen LogP contribution in [0.5, 0.6) is 5.75 Å². The molecule has 17 heavy (non-hydrogen) atoms. The zero-order chi connectivity index (χ0) is 13.1. The molecule has 0 unspecified atom stereocenters. The highest BCUT2D eigenvalue weighted by Crippen LogP contribution is 2.24. The number of rotatable bonds is 3. The van der Waals surface area contributed by atoms with Crippen LogP contribution in [-0.2, 0) is 0 Å². The summed E-state index contributed by atoms with van der Waals surface area (Å²) < 4.78 is 5.10. The first-order valence-corrected chi connectivity index (χ1v) is 5.14. The number of methoxy groups -OCH3 is 1. The van der Waals surface area contributed by atoms with Crippen molar-refractivity contribution in [1.29, 1.82) is 0 Å². The number of anilines is 1. The molecular formula is C13H16N2O2. The van der Waals surface area contributed by atoms with Gasteiger partial charge in [0.05, 0.1) is 12.6 Å². The van der Waals surface area contributed by atoms with E-state index in [1.165, 1.54) is 7.11 Å². The summed E-state index contributed by atoms with van der Waals surface area (Å²) in [7, 11) is 1.48. The van der Waals surface area contributed by atoms with Crippen molar-refractivity contribution in [2.75, 3.05) is 12.8 Å². The molecule has 0 spiro atoms. The van der Waals surface area contributed by atoms with E-state index in [4.69, 9.17) is 16.9 Å². The van der Waals surface area contributed by atoms with Gasteiger partial charge in [-0.05, 0) is 26.0 Å². The quantitative estimate of drug-likeness (QED) is 0.612. The summed E-state index contributed by atoms with van der Waals surface area (Å²) in [6, 6.07) is 5.03. The zero-order valence-corrected chi connectivity index (χ0v) is 10.2. The largest absolute Gasteiger partial charge is 0.496 e. The number of nitrogens with one attached hydrogen (secondary N) is 1. The topological polar surface area (TPSA) is 64.4 Å². The van der Waals surface area contributed by atoms with Crippen molar-refractivity contribution in [2.45, 2.75) is 19.4 Å². The number of hydrogen-bond acceptors (Lipinski definition) is 3. The van der Waals surface area contributed by atoms with Crippen molar-refractivity contribution in [1.82, 2.24) is 5.32 Å². The summed E-state index contributed by atoms with van der Waals surface area (Å²) in [5.41, 5.74) is 5.69. The molecule has 90 valence electrons. The number of amides is 1. The summed E-state index contributed by atoms with van der Waals surface area (Å²) in [6.07, 6.45) is 5.31. The van der Waals surface area contributed by atoms with E-state index in [2.05, 4.69) is 11.2 Å². The number of hydrogen-bond donors (Lipinski definition) is 2. The molecule has 0 saturated carbocycles. The average molecular weight is 232 g/mol. The van der Waals surface area contributed by atoms with Gasteiger partial charge in [-0.1, -0.05) is 12.0 Å². The maximum atomic E-state index is 12.1. The second-order valence-electron chi connectivity index (χ2n) is 4.15. The van der Waals surface area contributed by atoms with E-state index in [1.54, 1.807) is 32.0 Å². The van der Waals surface area contributed by atoms with Gasteiger partial charge in [-0.2, -0.15) is 0 Å². The number of benzene rings is 1. The van der Waals surface area contributed by atoms with Crippen LogP contribution < -0.4 is 15.8 Å². The molecule has 0 atom stereocenters. The molecule has 4 heteroatoms. The third-order valence-electron chi connectivity index (χ3n) is 2.29. The van der Waals surface area contributed by atoms with Crippen molar-refractivity contribution in [3.05, 3.63) is 23.8 Å². The van der Waals surface area contributed by atoms with E-state index < -0.39 is 5.54 Å². The van der Waals surface area contributed by atoms with Crippen molar-refractivity contribution in [3.8, 4) is 18.1 Å². The van der Waals surface area contributed by atoms with Gasteiger partial charge in [0.25, 0.3) is 5.91 Å². The van der Waals surface area contributed by atoms with Crippen LogP contribution in [0, 0.1) is 12.3 Å². The van der Waals surface area contributed by atoms with E-state index in [0.717, 1.165) is 0 Å². The Morgan fingerprint density at radius 2 is 2.18 bits per heavy atom. The molecule has 1 amide bonds. The van der Waals surface area contributed by atoms with Crippen LogP contribution in [0.15, 0.2) is 18.2 Å². The van der Waals surface area contributed by atoms with Gasteiger partial charge < -0.3 is 15.8 Å². The van der Waals surface area contributed by atoms with Gasteiger partial charge in [0.15, 0.2) is 0 Å². The Labute approximate surface area is 101 Å². The predicted molar refractivity (Wildman–Crippen MR) is 67.8 cm³/mol. The fourth-order valence-corrected chi connectivity index (χ4v) is 1.34. The first-order chi connectivity index (χ1) is 7.91. The van der Waals surface area contributed by atoms with E-state index in [-0.39, 0.29) is 5.91 Å². The first kappa shape index (κ1) is 12.9. The third-order valence-corrected chi connectivity index (χ3v) is 2.29. The lowest BCUT2D eigenvalue weighted by atomic mass is 10.0. The summed E-state index contributed by atoms with van der Waals surface area (Å²) in [4.78, 5) is 12.1. The number of ether oxygens (including phenoxy) is 1. The summed E-state index contributed by atoms with van der Waals surface area (Å²) in [5.74, 6) is 2.57. The van der Waals surface area contributed by atoms with E-state index in [9.17, 15) is 4.79 Å². The van der Waals surface area contributed by atoms with E-state index in [0.29, 0.717) is 17.0 Å². The molecule has 1 rings (SSSR count). The summed E-state index contributed by atoms with van der Waals surface area (Å²) >= 11 is 0. The molecule has 0 bridgehead atoms. The summed E-state index contributed by atoms with van der Waals surface area (Å²) in [5, 5.41) is 2.70. The lowest BCUT2D eigenvalue weighted by Crippen LogP contribution is -2.42. The van der Waals surface area contributed by atoms with Gasteiger partial charge >= 0.3 is 0 Å². The Hall–Kier alpha value is -2.15. The molecule has 0 radical (unpaired) electrons. The molecular weight excluding hydrogens is 216 g/mol. The van der Waals surface area contributed by atoms with Gasteiger partial charge in [-0.3, -0.25) is 4.79 Å². The first-order valence-electron chi connectivity index (χ1n) is 5.14. The molecule has 0 aliphatic heterocycles. The molecule has 0 aromatic heterocycles. The lowest BCUT2D eigenvalue weighted by Gasteiger charge is -2.21. The number of carbonyl (C=O) groups is 1. The average Bonchev–Trinajstić information content (AvgIpc) is 2.27. The molecule has 0 aliphatic carbocycles. The minimum absolute atomic E-state index is 0.304. The molecule has 0 fully saturated rings. The minimum Gasteiger partial charge on any atom is -0.496 e. The monoisotopic (exact) mass is 232 g/mol. The Bertz CT molecular complexity index is 473. The van der Waals surface area contributed by atoms with Crippen LogP contribution in [0.25, 0.3) is 0 Å². The maximum Gasteiger partial charge on any atom is 0.258 e. The van der Waals surface area contributed by atoms with E-state index in [1.807, 2.05) is 0 Å². The molecule has 4 nitrogen and oxygen atoms in total. The summed E-state index contributed by atoms with van der Waals surface area (Å²) in [6.45, 7) is 3.47. The molecule has 1 aromatic carbocycles. The Balaban J connectivity index is 3.09. The molecule has 0 saturated heterocycles. The van der Waals surface area contributed by atoms with Gasteiger partial charge in [-0.25, -0.2) is 0 Å². The van der Waals surface area contributed by atoms with Gasteiger partial charge in [-0.15, -0.1) is 6.42 Å². The standard InChI is InChI=1S/C13H16N2O2/c1-5-13(2,3)15-12(16)11-9(14)7-6-8-10(11)17-4/h1,6-8H,14H2,2-4H3,(H,15,16). The second kappa shape index (κ2) is 4.79. The maximum absolute atomic E-state index is 12.1. The van der Waals surface area contributed by atoms with Crippen LogP contribution in [0.2, 0.25) is 0 Å². The zero-order valence-electron chi connectivity index (χ0n) is 10.2. The molecule has 0 aliphatic rings. The van der Waals surface area contributed by atoms with Crippen LogP contribution >= 0.6 is 0 Å². The van der Waals surface area contributed by atoms with Gasteiger partial charge in [0.2, 0.25) is 0 Å². The normalized spacial score (nSPS) is 10.5. The smallest absolute Gasteiger partial charge is 0.258 e. The van der Waals surface area contributed by atoms with Crippen LogP contribution in [0.3, 0.4) is 0 Å². The lowest BCUT2D eigenvalue weighted by molar-refractivity contribution is 0.0928. The Morgan fingerprint density at radius 3 is 2.71 bits per heavy atom. The highest BCUT2D eigenvalue weighted by atomic mass is 16.5. The molecule has 1 aromatic rings. The van der Waals surface area contributed by atoms with Crippen molar-refractivity contribution in [3.63, 3.8) is 0 Å². The van der Waals surface area contributed by atoms with Crippen LogP contribution in [0.4, 0.5) is 5.69 Å². The number of nitrogen functional groups attached to an aromatic ring is 1. The van der Waals surface area contributed by atoms with Crippen LogP contribution in [-0.4, -0.2) is 18.6 Å². The highest BCUT2D eigenvalue weighted by Gasteiger charge is 2.22. The van der Waals surface area contributed by atoms with Gasteiger partial charge in [0, 0.05) is 5.69 Å². The fraction of sp³-hybridized carbons (Fsp3) is 0.308. The van der Waals surface area contributed by atoms with Gasteiger partial charge in [0.1, 0.15) is 11.3 Å². The second-order valence-corrected chi connectivity index (χ2v) is 4.15. The minimum atomic E-state index is -0.732. The number of carbonyl (C=O) groups excluding carboxylic acids is 1. The van der Waals surface area contributed by atoms with Crippen molar-refractivity contribution in [2.24, 2.45) is 0 Å². The third kappa shape index (κ3) is 2.91. The fourth-order valence-electron chi connectivity index (χ4n) is 1.34. The van der Waals surface area contributed by atoms with Crippen molar-refractivity contribution >= 4 is 11.6 Å². The number of terminal acetylenes is 1. The highest BCUT2D eigenvalue weighted by molar-refractivity contribution is 6.02. The van der Waals surface area contributed by atoms with Crippen molar-refractivity contribution < 1.29 is 9.53 Å². The van der Waals surface area contributed by atoms with Crippen LogP contribution in [0.1, 0.15) is 24.2 Å².